The van der Waals surface area contributed by atoms with Gasteiger partial charge in [0, 0.05) is 0 Å². The molecule has 0 saturated carbocycles. The van der Waals surface area contributed by atoms with Crippen molar-refractivity contribution >= 4 is 11.3 Å². The fraction of sp³-hybridized carbons (Fsp3) is 0.556. The Morgan fingerprint density at radius 2 is 2.31 bits per heavy atom. The second kappa shape index (κ2) is 5.34. The van der Waals surface area contributed by atoms with E-state index in [0.717, 1.165) is 5.56 Å². The minimum Gasteiger partial charge on any atom is -0.390 e. The zero-order valence-corrected chi connectivity index (χ0v) is 8.42. The minimum atomic E-state index is -0.750. The van der Waals surface area contributed by atoms with Crippen LogP contribution in [-0.2, 0) is 0 Å². The smallest absolute Gasteiger partial charge is 0.106 e. The Morgan fingerprint density at radius 1 is 1.54 bits per heavy atom. The first-order chi connectivity index (χ1) is 6.25. The van der Waals surface area contributed by atoms with Gasteiger partial charge in [0.2, 0.25) is 0 Å². The fourth-order valence-corrected chi connectivity index (χ4v) is 1.80. The molecule has 0 fully saturated rings. The molecule has 0 aromatic carbocycles. The lowest BCUT2D eigenvalue weighted by Crippen LogP contribution is -2.22. The summed E-state index contributed by atoms with van der Waals surface area (Å²) < 4.78 is 0. The van der Waals surface area contributed by atoms with Crippen LogP contribution in [0.25, 0.3) is 0 Å². The Balaban J connectivity index is 2.43. The number of hydrogen-bond donors (Lipinski definition) is 3. The van der Waals surface area contributed by atoms with Crippen molar-refractivity contribution in [3.63, 3.8) is 0 Å². The molecule has 2 unspecified atom stereocenters. The van der Waals surface area contributed by atoms with Crippen LogP contribution in [0.15, 0.2) is 16.8 Å². The first-order valence-electron chi connectivity index (χ1n) is 4.28. The van der Waals surface area contributed by atoms with Gasteiger partial charge in [0.1, 0.15) is 6.10 Å². The molecule has 0 bridgehead atoms. The van der Waals surface area contributed by atoms with Gasteiger partial charge in [-0.05, 0) is 42.4 Å². The SMILES string of the molecule is CNCCC(O)C(O)c1ccsc1. The zero-order valence-electron chi connectivity index (χ0n) is 7.60. The van der Waals surface area contributed by atoms with Crippen LogP contribution in [0.5, 0.6) is 0 Å². The highest BCUT2D eigenvalue weighted by Gasteiger charge is 2.17. The number of aliphatic hydroxyl groups excluding tert-OH is 2. The molecular weight excluding hydrogens is 186 g/mol. The van der Waals surface area contributed by atoms with E-state index in [2.05, 4.69) is 5.32 Å². The molecule has 1 aromatic heterocycles. The lowest BCUT2D eigenvalue weighted by atomic mass is 10.1. The average molecular weight is 201 g/mol. The molecule has 0 aliphatic carbocycles. The molecular formula is C9H15NO2S. The maximum absolute atomic E-state index is 9.63. The van der Waals surface area contributed by atoms with Crippen LogP contribution in [0, 0.1) is 0 Å². The van der Waals surface area contributed by atoms with Crippen LogP contribution in [0.2, 0.25) is 0 Å². The molecule has 3 N–H and O–H groups in total. The third-order valence-electron chi connectivity index (χ3n) is 1.94. The summed E-state index contributed by atoms with van der Waals surface area (Å²) in [5.74, 6) is 0. The minimum absolute atomic E-state index is 0.563. The molecule has 0 aliphatic heterocycles. The van der Waals surface area contributed by atoms with Gasteiger partial charge >= 0.3 is 0 Å². The lowest BCUT2D eigenvalue weighted by Gasteiger charge is -2.16. The summed E-state index contributed by atoms with van der Waals surface area (Å²) in [5.41, 5.74) is 0.800. The predicted molar refractivity (Wildman–Crippen MR) is 53.8 cm³/mol. The molecule has 4 heteroatoms. The van der Waals surface area contributed by atoms with Gasteiger partial charge in [0.15, 0.2) is 0 Å². The van der Waals surface area contributed by atoms with Crippen molar-refractivity contribution in [2.24, 2.45) is 0 Å². The highest BCUT2D eigenvalue weighted by atomic mass is 32.1. The van der Waals surface area contributed by atoms with E-state index >= 15 is 0 Å². The Morgan fingerprint density at radius 3 is 2.85 bits per heavy atom. The fourth-order valence-electron chi connectivity index (χ4n) is 1.12. The van der Waals surface area contributed by atoms with Crippen LogP contribution >= 0.6 is 11.3 Å². The maximum atomic E-state index is 9.63. The molecule has 74 valence electrons. The topological polar surface area (TPSA) is 52.5 Å². The summed E-state index contributed by atoms with van der Waals surface area (Å²) in [4.78, 5) is 0. The summed E-state index contributed by atoms with van der Waals surface area (Å²) in [6.45, 7) is 0.711. The predicted octanol–water partition coefficient (Wildman–Crippen LogP) is 0.752. The largest absolute Gasteiger partial charge is 0.390 e. The number of aliphatic hydroxyl groups is 2. The second-order valence-corrected chi connectivity index (χ2v) is 3.74. The van der Waals surface area contributed by atoms with Gasteiger partial charge in [-0.1, -0.05) is 0 Å². The van der Waals surface area contributed by atoms with Gasteiger partial charge in [0.25, 0.3) is 0 Å². The van der Waals surface area contributed by atoms with E-state index in [1.165, 1.54) is 11.3 Å². The first kappa shape index (κ1) is 10.7. The molecule has 3 nitrogen and oxygen atoms in total. The van der Waals surface area contributed by atoms with E-state index in [-0.39, 0.29) is 0 Å². The molecule has 0 aliphatic rings. The molecule has 13 heavy (non-hydrogen) atoms. The Kier molecular flexibility index (Phi) is 4.38. The summed E-state index contributed by atoms with van der Waals surface area (Å²) >= 11 is 1.52. The highest BCUT2D eigenvalue weighted by molar-refractivity contribution is 7.07. The third kappa shape index (κ3) is 3.08. The van der Waals surface area contributed by atoms with Crippen LogP contribution in [0.4, 0.5) is 0 Å². The van der Waals surface area contributed by atoms with E-state index < -0.39 is 12.2 Å². The normalized spacial score (nSPS) is 15.6. The zero-order chi connectivity index (χ0) is 9.68. The first-order valence-corrected chi connectivity index (χ1v) is 5.23. The quantitative estimate of drug-likeness (QED) is 0.659. The lowest BCUT2D eigenvalue weighted by molar-refractivity contribution is 0.0143. The van der Waals surface area contributed by atoms with Crippen LogP contribution < -0.4 is 5.32 Å². The van der Waals surface area contributed by atoms with E-state index in [4.69, 9.17) is 0 Å². The highest BCUT2D eigenvalue weighted by Crippen LogP contribution is 2.20. The van der Waals surface area contributed by atoms with Gasteiger partial charge < -0.3 is 15.5 Å². The summed E-state index contributed by atoms with van der Waals surface area (Å²) in [7, 11) is 1.82. The van der Waals surface area contributed by atoms with Crippen molar-refractivity contribution in [3.8, 4) is 0 Å². The number of nitrogens with one attached hydrogen (secondary N) is 1. The molecule has 0 saturated heterocycles. The molecule has 0 radical (unpaired) electrons. The molecule has 1 aromatic rings. The molecule has 2 atom stereocenters. The van der Waals surface area contributed by atoms with Gasteiger partial charge in [-0.15, -0.1) is 0 Å². The van der Waals surface area contributed by atoms with Crippen molar-refractivity contribution in [2.75, 3.05) is 13.6 Å². The molecule has 1 heterocycles. The standard InChI is InChI=1S/C9H15NO2S/c1-10-4-2-8(11)9(12)7-3-5-13-6-7/h3,5-6,8-12H,2,4H2,1H3. The van der Waals surface area contributed by atoms with E-state index in [1.807, 2.05) is 23.9 Å². The summed E-state index contributed by atoms with van der Waals surface area (Å²) in [6, 6.07) is 1.83. The van der Waals surface area contributed by atoms with Crippen LogP contribution in [-0.4, -0.2) is 29.9 Å². The number of rotatable bonds is 5. The molecule has 1 rings (SSSR count). The van der Waals surface area contributed by atoms with Gasteiger partial charge in [-0.2, -0.15) is 11.3 Å². The maximum Gasteiger partial charge on any atom is 0.106 e. The van der Waals surface area contributed by atoms with Crippen LogP contribution in [0.1, 0.15) is 18.1 Å². The molecule has 0 amide bonds. The Bertz CT molecular complexity index is 226. The van der Waals surface area contributed by atoms with E-state index in [9.17, 15) is 10.2 Å². The van der Waals surface area contributed by atoms with Crippen molar-refractivity contribution < 1.29 is 10.2 Å². The van der Waals surface area contributed by atoms with Crippen molar-refractivity contribution in [2.45, 2.75) is 18.6 Å². The number of thiophene rings is 1. The monoisotopic (exact) mass is 201 g/mol. The van der Waals surface area contributed by atoms with Crippen molar-refractivity contribution in [3.05, 3.63) is 22.4 Å². The van der Waals surface area contributed by atoms with Crippen LogP contribution in [0.3, 0.4) is 0 Å². The van der Waals surface area contributed by atoms with Crippen molar-refractivity contribution in [1.82, 2.24) is 5.32 Å². The summed E-state index contributed by atoms with van der Waals surface area (Å²) in [6.07, 6.45) is -0.866. The third-order valence-corrected chi connectivity index (χ3v) is 2.64. The average Bonchev–Trinajstić information content (AvgIpc) is 2.65. The molecule has 0 spiro atoms. The Labute approximate surface area is 82.0 Å². The van der Waals surface area contributed by atoms with Gasteiger partial charge in [-0.3, -0.25) is 0 Å². The van der Waals surface area contributed by atoms with E-state index in [1.54, 1.807) is 0 Å². The summed E-state index contributed by atoms with van der Waals surface area (Å²) in [5, 5.41) is 25.8. The number of hydrogen-bond acceptors (Lipinski definition) is 4. The van der Waals surface area contributed by atoms with Gasteiger partial charge in [0.05, 0.1) is 6.10 Å². The van der Waals surface area contributed by atoms with E-state index in [0.29, 0.717) is 13.0 Å². The Hall–Kier alpha value is -0.420. The second-order valence-electron chi connectivity index (χ2n) is 2.96. The van der Waals surface area contributed by atoms with Crippen molar-refractivity contribution in [1.29, 1.82) is 0 Å². The van der Waals surface area contributed by atoms with Gasteiger partial charge in [-0.25, -0.2) is 0 Å².